The van der Waals surface area contributed by atoms with Gasteiger partial charge in [0.05, 0.1) is 6.54 Å². The fourth-order valence-electron chi connectivity index (χ4n) is 9.44. The van der Waals surface area contributed by atoms with Crippen LogP contribution in [0.2, 0.25) is 0 Å². The summed E-state index contributed by atoms with van der Waals surface area (Å²) in [5, 5.41) is 2.94. The van der Waals surface area contributed by atoms with Crippen molar-refractivity contribution < 1.29 is 15.3 Å². The molecule has 4 heteroatoms. The Hall–Kier alpha value is -1.03. The summed E-state index contributed by atoms with van der Waals surface area (Å²) in [6.07, 6.45) is 18.8. The first kappa shape index (κ1) is 28.0. The minimum absolute atomic E-state index is 0.0464. The standard InChI is InChI=1S/C32H56N2O2/c1-22(2)9-8-10-23(3)27-13-14-28-26-12-11-24-21-25(36-30(35)34-20-7-6-19-33)15-17-31(24,4)29(26)16-18-32(27,28)5/h11,22-23,25-29H,6-10,12-21,33H2,1-5H3,(H,34,35)/p+1/t23-,25?,26?,27-,28?,29?,31?,32?/m1/s1. The van der Waals surface area contributed by atoms with E-state index < -0.39 is 0 Å². The minimum atomic E-state index is -0.227. The van der Waals surface area contributed by atoms with Crippen LogP contribution < -0.4 is 11.1 Å². The molecule has 6 unspecified atom stereocenters. The van der Waals surface area contributed by atoms with E-state index in [9.17, 15) is 4.79 Å². The second-order valence-corrected chi connectivity index (χ2v) is 14.0. The van der Waals surface area contributed by atoms with E-state index in [-0.39, 0.29) is 12.2 Å². The first-order chi connectivity index (χ1) is 17.2. The van der Waals surface area contributed by atoms with E-state index in [2.05, 4.69) is 51.7 Å². The lowest BCUT2D eigenvalue weighted by atomic mass is 9.47. The quantitative estimate of drug-likeness (QED) is 0.247. The highest BCUT2D eigenvalue weighted by atomic mass is 16.6. The highest BCUT2D eigenvalue weighted by Gasteiger charge is 2.59. The molecule has 4 aliphatic rings. The third kappa shape index (κ3) is 5.69. The van der Waals surface area contributed by atoms with E-state index in [1.54, 1.807) is 5.57 Å². The molecule has 4 aliphatic carbocycles. The van der Waals surface area contributed by atoms with E-state index in [4.69, 9.17) is 4.74 Å². The molecule has 0 bridgehead atoms. The Morgan fingerprint density at radius 1 is 1.06 bits per heavy atom. The van der Waals surface area contributed by atoms with Crippen molar-refractivity contribution in [2.45, 2.75) is 124 Å². The van der Waals surface area contributed by atoms with Gasteiger partial charge < -0.3 is 15.8 Å². The van der Waals surface area contributed by atoms with Crippen molar-refractivity contribution in [3.05, 3.63) is 11.6 Å². The smallest absolute Gasteiger partial charge is 0.407 e. The van der Waals surface area contributed by atoms with E-state index in [1.165, 1.54) is 57.8 Å². The zero-order valence-electron chi connectivity index (χ0n) is 24.2. The number of fused-ring (bicyclic) bond motifs is 5. The molecule has 0 heterocycles. The van der Waals surface area contributed by atoms with Crippen molar-refractivity contribution in [2.24, 2.45) is 46.3 Å². The number of carbonyl (C=O) groups is 1. The topological polar surface area (TPSA) is 66.0 Å². The lowest BCUT2D eigenvalue weighted by Gasteiger charge is -2.58. The molecule has 4 rings (SSSR count). The van der Waals surface area contributed by atoms with Crippen LogP contribution in [0, 0.1) is 46.3 Å². The number of ether oxygens (including phenoxy) is 1. The second-order valence-electron chi connectivity index (χ2n) is 14.0. The molecule has 36 heavy (non-hydrogen) atoms. The van der Waals surface area contributed by atoms with Gasteiger partial charge >= 0.3 is 6.09 Å². The normalized spacial score (nSPS) is 38.5. The van der Waals surface area contributed by atoms with Crippen LogP contribution in [0.4, 0.5) is 4.79 Å². The van der Waals surface area contributed by atoms with Gasteiger partial charge in [0.2, 0.25) is 0 Å². The maximum Gasteiger partial charge on any atom is 0.407 e. The van der Waals surface area contributed by atoms with Crippen molar-refractivity contribution in [1.29, 1.82) is 0 Å². The van der Waals surface area contributed by atoms with E-state index in [0.717, 1.165) is 67.7 Å². The minimum Gasteiger partial charge on any atom is -0.446 e. The molecule has 0 saturated heterocycles. The third-order valence-electron chi connectivity index (χ3n) is 11.5. The number of nitrogens with one attached hydrogen (secondary N) is 1. The summed E-state index contributed by atoms with van der Waals surface area (Å²) in [6, 6.07) is 0. The van der Waals surface area contributed by atoms with Gasteiger partial charge in [-0.05, 0) is 104 Å². The van der Waals surface area contributed by atoms with E-state index in [0.29, 0.717) is 17.4 Å². The molecule has 3 fully saturated rings. The lowest BCUT2D eigenvalue weighted by molar-refractivity contribution is -0.368. The van der Waals surface area contributed by atoms with Gasteiger partial charge in [-0.2, -0.15) is 0 Å². The van der Waals surface area contributed by atoms with Crippen molar-refractivity contribution in [2.75, 3.05) is 13.1 Å². The molecule has 206 valence electrons. The molecule has 0 aromatic carbocycles. The molecule has 3 saturated carbocycles. The lowest BCUT2D eigenvalue weighted by Crippen LogP contribution is -2.51. The number of allylic oxidation sites excluding steroid dienone is 1. The SMILES string of the molecule is CC(C)CCC[C@@H](C)[C@H]1CCC2C3CC=C4CC(OC(=O)NCCCC[NH3+])CCC4(C)C3CCC21C. The first-order valence-electron chi connectivity index (χ1n) is 15.6. The summed E-state index contributed by atoms with van der Waals surface area (Å²) in [5.74, 6) is 5.22. The van der Waals surface area contributed by atoms with Gasteiger partial charge in [0.1, 0.15) is 6.10 Å². The van der Waals surface area contributed by atoms with Crippen LogP contribution in [-0.4, -0.2) is 25.3 Å². The van der Waals surface area contributed by atoms with Gasteiger partial charge in [-0.3, -0.25) is 0 Å². The fourth-order valence-corrected chi connectivity index (χ4v) is 9.44. The second kappa shape index (κ2) is 11.8. The molecule has 4 N–H and O–H groups in total. The van der Waals surface area contributed by atoms with Gasteiger partial charge in [-0.25, -0.2) is 4.79 Å². The molecule has 4 nitrogen and oxygen atoms in total. The summed E-state index contributed by atoms with van der Waals surface area (Å²) in [5.41, 5.74) is 6.33. The van der Waals surface area contributed by atoms with Crippen LogP contribution in [0.1, 0.15) is 118 Å². The van der Waals surface area contributed by atoms with Gasteiger partial charge in [0.25, 0.3) is 0 Å². The van der Waals surface area contributed by atoms with Crippen LogP contribution in [0.3, 0.4) is 0 Å². The summed E-state index contributed by atoms with van der Waals surface area (Å²) in [7, 11) is 0. The maximum atomic E-state index is 12.3. The summed E-state index contributed by atoms with van der Waals surface area (Å²) >= 11 is 0. The van der Waals surface area contributed by atoms with Crippen molar-refractivity contribution >= 4 is 6.09 Å². The summed E-state index contributed by atoms with van der Waals surface area (Å²) < 4.78 is 5.87. The maximum absolute atomic E-state index is 12.3. The molecule has 8 atom stereocenters. The first-order valence-corrected chi connectivity index (χ1v) is 15.6. The van der Waals surface area contributed by atoms with E-state index >= 15 is 0 Å². The van der Waals surface area contributed by atoms with Crippen LogP contribution >= 0.6 is 0 Å². The number of hydrogen-bond donors (Lipinski definition) is 2. The molecule has 0 spiro atoms. The molecule has 0 radical (unpaired) electrons. The van der Waals surface area contributed by atoms with Crippen molar-refractivity contribution in [1.82, 2.24) is 5.32 Å². The summed E-state index contributed by atoms with van der Waals surface area (Å²) in [4.78, 5) is 12.3. The van der Waals surface area contributed by atoms with Crippen LogP contribution in [-0.2, 0) is 4.74 Å². The van der Waals surface area contributed by atoms with Gasteiger partial charge in [-0.15, -0.1) is 0 Å². The highest BCUT2D eigenvalue weighted by Crippen LogP contribution is 2.67. The molecule has 0 aromatic rings. The molecule has 1 amide bonds. The largest absolute Gasteiger partial charge is 0.446 e. The number of carbonyl (C=O) groups excluding carboxylic acids is 1. The van der Waals surface area contributed by atoms with Gasteiger partial charge in [0.15, 0.2) is 0 Å². The molecule has 0 aliphatic heterocycles. The predicted molar refractivity (Wildman–Crippen MR) is 148 cm³/mol. The molecule has 0 aromatic heterocycles. The zero-order chi connectivity index (χ0) is 25.9. The number of quaternary nitrogens is 1. The average molecular weight is 502 g/mol. The van der Waals surface area contributed by atoms with E-state index in [1.807, 2.05) is 0 Å². The van der Waals surface area contributed by atoms with Gasteiger partial charge in [0, 0.05) is 13.0 Å². The monoisotopic (exact) mass is 501 g/mol. The fraction of sp³-hybridized carbons (Fsp3) is 0.906. The molecular weight excluding hydrogens is 444 g/mol. The molecular formula is C32H57N2O2+. The summed E-state index contributed by atoms with van der Waals surface area (Å²) in [6.45, 7) is 14.2. The predicted octanol–water partition coefficient (Wildman–Crippen LogP) is 7.14. The number of amides is 1. The number of rotatable bonds is 10. The Morgan fingerprint density at radius 3 is 2.61 bits per heavy atom. The van der Waals surface area contributed by atoms with Crippen LogP contribution in [0.25, 0.3) is 0 Å². The highest BCUT2D eigenvalue weighted by molar-refractivity contribution is 5.67. The zero-order valence-corrected chi connectivity index (χ0v) is 24.2. The number of alkyl carbamates (subject to hydrolysis) is 1. The number of hydrogen-bond acceptors (Lipinski definition) is 2. The van der Waals surface area contributed by atoms with Crippen LogP contribution in [0.5, 0.6) is 0 Å². The third-order valence-corrected chi connectivity index (χ3v) is 11.5. The average Bonchev–Trinajstić information content (AvgIpc) is 3.19. The van der Waals surface area contributed by atoms with Crippen molar-refractivity contribution in [3.8, 4) is 0 Å². The van der Waals surface area contributed by atoms with Crippen molar-refractivity contribution in [3.63, 3.8) is 0 Å². The Bertz CT molecular complexity index is 778. The Labute approximate surface area is 222 Å². The number of unbranched alkanes of at least 4 members (excludes halogenated alkanes) is 1. The van der Waals surface area contributed by atoms with Gasteiger partial charge in [-0.1, -0.05) is 65.5 Å². The Morgan fingerprint density at radius 2 is 1.86 bits per heavy atom. The Kier molecular flexibility index (Phi) is 9.16. The Balaban J connectivity index is 1.36. The van der Waals surface area contributed by atoms with Crippen LogP contribution in [0.15, 0.2) is 11.6 Å².